The molecule has 1 aromatic rings. The van der Waals surface area contributed by atoms with E-state index in [1.165, 1.54) is 76.2 Å². The van der Waals surface area contributed by atoms with Gasteiger partial charge in [0.05, 0.1) is 12.2 Å². The van der Waals surface area contributed by atoms with Crippen molar-refractivity contribution in [3.8, 4) is 0 Å². The smallest absolute Gasteiger partial charge is 0.318 e. The second-order valence-corrected chi connectivity index (χ2v) is 12.8. The minimum absolute atomic E-state index is 0.0452. The second-order valence-electron chi connectivity index (χ2n) is 12.8. The molecule has 4 aliphatic rings. The van der Waals surface area contributed by atoms with Crippen LogP contribution in [0.3, 0.4) is 0 Å². The molecule has 0 unspecified atom stereocenters. The van der Waals surface area contributed by atoms with E-state index >= 15 is 0 Å². The number of nitrogens with zero attached hydrogens (tertiary/aromatic N) is 2. The van der Waals surface area contributed by atoms with Crippen molar-refractivity contribution >= 4 is 11.9 Å². The minimum Gasteiger partial charge on any atom is -0.333 e. The van der Waals surface area contributed by atoms with Crippen LogP contribution in [-0.4, -0.2) is 46.5 Å². The van der Waals surface area contributed by atoms with E-state index < -0.39 is 0 Å². The number of rotatable bonds is 11. The Bertz CT molecular complexity index is 922. The molecule has 2 saturated carbocycles. The largest absolute Gasteiger partial charge is 0.333 e. The molecule has 3 amide bonds. The maximum atomic E-state index is 14.0. The highest BCUT2D eigenvalue weighted by molar-refractivity contribution is 5.88. The van der Waals surface area contributed by atoms with E-state index in [4.69, 9.17) is 0 Å². The number of nitrogens with one attached hydrogen (secondary N) is 2. The minimum atomic E-state index is -0.364. The van der Waals surface area contributed by atoms with E-state index in [0.29, 0.717) is 31.6 Å². The number of urea groups is 1. The first-order valence-corrected chi connectivity index (χ1v) is 15.7. The van der Waals surface area contributed by atoms with E-state index in [9.17, 15) is 9.59 Å². The van der Waals surface area contributed by atoms with Gasteiger partial charge >= 0.3 is 6.03 Å². The summed E-state index contributed by atoms with van der Waals surface area (Å²) >= 11 is 0. The first-order valence-electron chi connectivity index (χ1n) is 15.7. The molecule has 0 radical (unpaired) electrons. The Morgan fingerprint density at radius 2 is 1.42 bits per heavy atom. The fraction of sp³-hybridized carbons (Fsp3) is 0.750. The molecule has 5 rings (SSSR count). The Balaban J connectivity index is 1.19. The molecule has 2 saturated heterocycles. The van der Waals surface area contributed by atoms with E-state index in [-0.39, 0.29) is 17.6 Å². The fourth-order valence-corrected chi connectivity index (χ4v) is 7.59. The number of carbonyl (C=O) groups excluding carboxylic acids is 2. The molecule has 0 aromatic heterocycles. The Morgan fingerprint density at radius 3 is 2.05 bits per heavy atom. The van der Waals surface area contributed by atoms with Crippen LogP contribution in [0.25, 0.3) is 0 Å². The zero-order valence-electron chi connectivity index (χ0n) is 23.7. The maximum absolute atomic E-state index is 14.0. The third-order valence-electron chi connectivity index (χ3n) is 9.83. The van der Waals surface area contributed by atoms with Crippen LogP contribution in [0.2, 0.25) is 0 Å². The second kappa shape index (κ2) is 12.8. The summed E-state index contributed by atoms with van der Waals surface area (Å²) in [5.74, 6) is 1.82. The molecule has 0 spiro atoms. The first kappa shape index (κ1) is 27.5. The van der Waals surface area contributed by atoms with Gasteiger partial charge in [0.2, 0.25) is 5.91 Å². The van der Waals surface area contributed by atoms with Crippen molar-refractivity contribution in [1.29, 1.82) is 0 Å². The lowest BCUT2D eigenvalue weighted by molar-refractivity contribution is -0.134. The third-order valence-corrected chi connectivity index (χ3v) is 9.83. The average molecular weight is 523 g/mol. The van der Waals surface area contributed by atoms with Crippen molar-refractivity contribution in [1.82, 2.24) is 20.4 Å². The van der Waals surface area contributed by atoms with Crippen molar-refractivity contribution in [3.05, 3.63) is 35.4 Å². The highest BCUT2D eigenvalue weighted by atomic mass is 16.2. The zero-order valence-corrected chi connectivity index (χ0v) is 23.7. The van der Waals surface area contributed by atoms with E-state index in [1.54, 1.807) is 0 Å². The molecule has 2 heterocycles. The summed E-state index contributed by atoms with van der Waals surface area (Å²) in [7, 11) is 0. The van der Waals surface area contributed by atoms with Crippen LogP contribution in [0.4, 0.5) is 4.79 Å². The molecule has 2 atom stereocenters. The Kier molecular flexibility index (Phi) is 9.29. The van der Waals surface area contributed by atoms with Gasteiger partial charge in [0.1, 0.15) is 0 Å². The van der Waals surface area contributed by atoms with E-state index in [2.05, 4.69) is 46.7 Å². The van der Waals surface area contributed by atoms with Gasteiger partial charge < -0.3 is 15.1 Å². The van der Waals surface area contributed by atoms with Crippen LogP contribution in [-0.2, 0) is 17.9 Å². The Hall–Kier alpha value is -2.08. The number of benzene rings is 1. The van der Waals surface area contributed by atoms with Crippen LogP contribution in [0, 0.1) is 11.8 Å². The van der Waals surface area contributed by atoms with E-state index in [1.807, 2.05) is 4.90 Å². The first-order chi connectivity index (χ1) is 18.5. The Morgan fingerprint density at radius 1 is 0.816 bits per heavy atom. The Labute approximate surface area is 230 Å². The van der Waals surface area contributed by atoms with Crippen molar-refractivity contribution < 1.29 is 9.59 Å². The highest BCUT2D eigenvalue weighted by Crippen LogP contribution is 2.38. The molecule has 38 heavy (non-hydrogen) atoms. The third kappa shape index (κ3) is 6.73. The molecule has 0 bridgehead atoms. The van der Waals surface area contributed by atoms with Crippen molar-refractivity contribution in [2.45, 2.75) is 128 Å². The summed E-state index contributed by atoms with van der Waals surface area (Å²) in [5, 5.41) is 6.87. The van der Waals surface area contributed by atoms with Crippen LogP contribution in [0.1, 0.15) is 114 Å². The van der Waals surface area contributed by atoms with Gasteiger partial charge in [0, 0.05) is 25.7 Å². The predicted molar refractivity (Wildman–Crippen MR) is 152 cm³/mol. The maximum Gasteiger partial charge on any atom is 0.318 e. The summed E-state index contributed by atoms with van der Waals surface area (Å²) < 4.78 is 0. The summed E-state index contributed by atoms with van der Waals surface area (Å²) in [4.78, 5) is 30.3. The van der Waals surface area contributed by atoms with Crippen LogP contribution >= 0.6 is 0 Å². The van der Waals surface area contributed by atoms with Crippen molar-refractivity contribution in [2.24, 2.45) is 11.8 Å². The van der Waals surface area contributed by atoms with Crippen LogP contribution in [0.5, 0.6) is 0 Å². The predicted octanol–water partition coefficient (Wildman–Crippen LogP) is 6.34. The molecular formula is C32H50N4O2. The lowest BCUT2D eigenvalue weighted by atomic mass is 9.75. The number of amides is 3. The molecule has 2 N–H and O–H groups in total. The van der Waals surface area contributed by atoms with Gasteiger partial charge in [-0.05, 0) is 48.6 Å². The monoisotopic (exact) mass is 522 g/mol. The summed E-state index contributed by atoms with van der Waals surface area (Å²) in [5.41, 5.74) is 1.95. The molecule has 2 aliphatic carbocycles. The van der Waals surface area contributed by atoms with Gasteiger partial charge in [0.15, 0.2) is 0 Å². The quantitative estimate of drug-likeness (QED) is 0.356. The van der Waals surface area contributed by atoms with Gasteiger partial charge in [-0.15, -0.1) is 0 Å². The topological polar surface area (TPSA) is 64.7 Å². The van der Waals surface area contributed by atoms with Gasteiger partial charge in [-0.1, -0.05) is 102 Å². The number of hydrogen-bond donors (Lipinski definition) is 2. The SMILES string of the molecule is CCC[C@H]1CN(Cc2ccc(CN3CN[C@](CCC4CCCCC4)(CC4CCCCC4)C3=O)cc2)C(=O)N1. The van der Waals surface area contributed by atoms with Gasteiger partial charge in [-0.2, -0.15) is 0 Å². The van der Waals surface area contributed by atoms with Gasteiger partial charge in [0.25, 0.3) is 0 Å². The fourth-order valence-electron chi connectivity index (χ4n) is 7.59. The van der Waals surface area contributed by atoms with Crippen LogP contribution < -0.4 is 10.6 Å². The molecule has 4 fully saturated rings. The van der Waals surface area contributed by atoms with E-state index in [0.717, 1.165) is 43.7 Å². The normalized spacial score (nSPS) is 27.3. The number of hydrogen-bond acceptors (Lipinski definition) is 3. The summed E-state index contributed by atoms with van der Waals surface area (Å²) in [6, 6.07) is 8.85. The van der Waals surface area contributed by atoms with Crippen molar-refractivity contribution in [3.63, 3.8) is 0 Å². The average Bonchev–Trinajstić information content (AvgIpc) is 3.44. The lowest BCUT2D eigenvalue weighted by Gasteiger charge is -2.35. The van der Waals surface area contributed by atoms with Gasteiger partial charge in [-0.3, -0.25) is 10.1 Å². The summed E-state index contributed by atoms with van der Waals surface area (Å²) in [6.07, 6.45) is 18.7. The molecule has 2 aliphatic heterocycles. The van der Waals surface area contributed by atoms with Crippen LogP contribution in [0.15, 0.2) is 24.3 Å². The summed E-state index contributed by atoms with van der Waals surface area (Å²) in [6.45, 7) is 4.90. The molecule has 6 nitrogen and oxygen atoms in total. The lowest BCUT2D eigenvalue weighted by Crippen LogP contribution is -2.48. The van der Waals surface area contributed by atoms with Crippen molar-refractivity contribution in [2.75, 3.05) is 13.2 Å². The number of carbonyl (C=O) groups is 2. The molecule has 6 heteroatoms. The highest BCUT2D eigenvalue weighted by Gasteiger charge is 2.47. The standard InChI is InChI=1S/C32H50N4O2/c1-2-9-29-23-35(31(38)34-29)21-27-14-16-28(17-15-27)22-36-24-33-32(30(36)37,20-26-12-7-4-8-13-26)19-18-25-10-5-3-6-11-25/h14-17,25-26,29,33H,2-13,18-24H2,1H3,(H,34,38)/t29-,32+/m0/s1. The molecule has 1 aromatic carbocycles. The molecule has 210 valence electrons. The zero-order chi connectivity index (χ0) is 26.4. The molecular weight excluding hydrogens is 472 g/mol. The van der Waals surface area contributed by atoms with Gasteiger partial charge in [-0.25, -0.2) is 4.79 Å².